The van der Waals surface area contributed by atoms with Gasteiger partial charge in [0.05, 0.1) is 0 Å². The van der Waals surface area contributed by atoms with Gasteiger partial charge in [-0.05, 0) is 37.8 Å². The molecule has 2 nitrogen and oxygen atoms in total. The third-order valence-electron chi connectivity index (χ3n) is 4.44. The van der Waals surface area contributed by atoms with Crippen molar-refractivity contribution in [1.82, 2.24) is 10.2 Å². The van der Waals surface area contributed by atoms with Crippen LogP contribution in [0.5, 0.6) is 0 Å². The molecule has 1 aromatic carbocycles. The van der Waals surface area contributed by atoms with Gasteiger partial charge in [0, 0.05) is 25.2 Å². The Balaban J connectivity index is 1.67. The van der Waals surface area contributed by atoms with Crippen molar-refractivity contribution in [2.24, 2.45) is 5.92 Å². The lowest BCUT2D eigenvalue weighted by Gasteiger charge is -2.36. The summed E-state index contributed by atoms with van der Waals surface area (Å²) >= 11 is 0. The zero-order valence-electron chi connectivity index (χ0n) is 10.7. The quantitative estimate of drug-likeness (QED) is 0.838. The monoisotopic (exact) mass is 230 g/mol. The van der Waals surface area contributed by atoms with E-state index in [0.29, 0.717) is 5.54 Å². The van der Waals surface area contributed by atoms with Crippen molar-refractivity contribution >= 4 is 0 Å². The van der Waals surface area contributed by atoms with Crippen molar-refractivity contribution in [3.05, 3.63) is 35.9 Å². The Hall–Kier alpha value is -0.860. The number of hydrogen-bond acceptors (Lipinski definition) is 2. The molecule has 2 unspecified atom stereocenters. The maximum Gasteiger partial charge on any atom is 0.0321 e. The Labute approximate surface area is 104 Å². The fourth-order valence-electron chi connectivity index (χ4n) is 3.47. The minimum atomic E-state index is 0.368. The number of fused-ring (bicyclic) bond motifs is 1. The summed E-state index contributed by atoms with van der Waals surface area (Å²) in [6.45, 7) is 7.17. The van der Waals surface area contributed by atoms with Gasteiger partial charge < -0.3 is 5.32 Å². The summed E-state index contributed by atoms with van der Waals surface area (Å²) in [4.78, 5) is 2.61. The smallest absolute Gasteiger partial charge is 0.0321 e. The molecule has 2 heterocycles. The van der Waals surface area contributed by atoms with Gasteiger partial charge >= 0.3 is 0 Å². The normalized spacial score (nSPS) is 33.6. The number of nitrogens with zero attached hydrogens (tertiary/aromatic N) is 1. The second kappa shape index (κ2) is 4.43. The minimum Gasteiger partial charge on any atom is -0.310 e. The largest absolute Gasteiger partial charge is 0.310 e. The molecule has 0 aliphatic carbocycles. The van der Waals surface area contributed by atoms with Gasteiger partial charge in [0.15, 0.2) is 0 Å². The van der Waals surface area contributed by atoms with E-state index in [4.69, 9.17) is 0 Å². The predicted molar refractivity (Wildman–Crippen MR) is 70.9 cm³/mol. The lowest BCUT2D eigenvalue weighted by molar-refractivity contribution is 0.230. The van der Waals surface area contributed by atoms with Crippen LogP contribution in [0.2, 0.25) is 0 Å². The van der Waals surface area contributed by atoms with E-state index < -0.39 is 0 Å². The molecule has 1 N–H and O–H groups in total. The van der Waals surface area contributed by atoms with Crippen molar-refractivity contribution in [2.45, 2.75) is 31.8 Å². The molecule has 2 fully saturated rings. The number of rotatable bonds is 2. The van der Waals surface area contributed by atoms with Crippen LogP contribution in [0, 0.1) is 5.92 Å². The Bertz CT molecular complexity index is 376. The van der Waals surface area contributed by atoms with E-state index in [1.54, 1.807) is 0 Å². The summed E-state index contributed by atoms with van der Waals surface area (Å²) in [6, 6.07) is 10.8. The van der Waals surface area contributed by atoms with Crippen LogP contribution in [0.25, 0.3) is 0 Å². The fourth-order valence-corrected chi connectivity index (χ4v) is 3.47. The van der Waals surface area contributed by atoms with Crippen LogP contribution in [-0.2, 0) is 6.54 Å². The summed E-state index contributed by atoms with van der Waals surface area (Å²) in [5.74, 6) is 0.847. The van der Waals surface area contributed by atoms with Crippen molar-refractivity contribution in [1.29, 1.82) is 0 Å². The highest BCUT2D eigenvalue weighted by molar-refractivity contribution is 5.15. The standard InChI is InChI=1S/C15H22N2/c1-15-12-17(10-13-6-3-2-4-7-13)11-14(15)8-5-9-16-15/h2-4,6-7,14,16H,5,8-12H2,1H3. The van der Waals surface area contributed by atoms with Crippen LogP contribution in [0.1, 0.15) is 25.3 Å². The summed E-state index contributed by atoms with van der Waals surface area (Å²) in [6.07, 6.45) is 2.74. The number of likely N-dealkylation sites (tertiary alicyclic amines) is 1. The third kappa shape index (κ3) is 2.24. The Morgan fingerprint density at radius 3 is 2.94 bits per heavy atom. The van der Waals surface area contributed by atoms with E-state index in [1.807, 2.05) is 0 Å². The van der Waals surface area contributed by atoms with Crippen molar-refractivity contribution in [3.8, 4) is 0 Å². The highest BCUT2D eigenvalue weighted by Crippen LogP contribution is 2.34. The first-order chi connectivity index (χ1) is 8.26. The molecule has 2 aliphatic rings. The molecule has 3 rings (SSSR count). The average molecular weight is 230 g/mol. The number of piperidine rings is 1. The van der Waals surface area contributed by atoms with E-state index in [2.05, 4.69) is 47.5 Å². The van der Waals surface area contributed by atoms with Crippen LogP contribution in [0.3, 0.4) is 0 Å². The topological polar surface area (TPSA) is 15.3 Å². The average Bonchev–Trinajstić information content (AvgIpc) is 2.66. The first-order valence-electron chi connectivity index (χ1n) is 6.78. The maximum absolute atomic E-state index is 3.73. The summed E-state index contributed by atoms with van der Waals surface area (Å²) in [5.41, 5.74) is 1.81. The van der Waals surface area contributed by atoms with Gasteiger partial charge in [-0.15, -0.1) is 0 Å². The Morgan fingerprint density at radius 2 is 2.18 bits per heavy atom. The predicted octanol–water partition coefficient (Wildman–Crippen LogP) is 2.26. The van der Waals surface area contributed by atoms with E-state index >= 15 is 0 Å². The highest BCUT2D eigenvalue weighted by atomic mass is 15.2. The van der Waals surface area contributed by atoms with Gasteiger partial charge in [-0.3, -0.25) is 4.90 Å². The molecule has 0 amide bonds. The molecule has 1 aromatic rings. The van der Waals surface area contributed by atoms with Gasteiger partial charge in [0.25, 0.3) is 0 Å². The molecule has 0 bridgehead atoms. The lowest BCUT2D eigenvalue weighted by atomic mass is 9.82. The van der Waals surface area contributed by atoms with Crippen LogP contribution in [-0.4, -0.2) is 30.1 Å². The van der Waals surface area contributed by atoms with Crippen molar-refractivity contribution in [2.75, 3.05) is 19.6 Å². The van der Waals surface area contributed by atoms with Gasteiger partial charge in [0.1, 0.15) is 0 Å². The summed E-state index contributed by atoms with van der Waals surface area (Å²) in [7, 11) is 0. The first-order valence-corrected chi connectivity index (χ1v) is 6.78. The zero-order chi connectivity index (χ0) is 11.7. The molecule has 0 aromatic heterocycles. The van der Waals surface area contributed by atoms with Crippen molar-refractivity contribution in [3.63, 3.8) is 0 Å². The Morgan fingerprint density at radius 1 is 1.35 bits per heavy atom. The van der Waals surface area contributed by atoms with Crippen LogP contribution < -0.4 is 5.32 Å². The molecule has 92 valence electrons. The molecule has 17 heavy (non-hydrogen) atoms. The third-order valence-corrected chi connectivity index (χ3v) is 4.44. The van der Waals surface area contributed by atoms with Crippen LogP contribution >= 0.6 is 0 Å². The molecule has 0 spiro atoms. The van der Waals surface area contributed by atoms with Gasteiger partial charge in [-0.2, -0.15) is 0 Å². The van der Waals surface area contributed by atoms with Crippen molar-refractivity contribution < 1.29 is 0 Å². The molecular weight excluding hydrogens is 208 g/mol. The molecule has 0 radical (unpaired) electrons. The maximum atomic E-state index is 3.73. The lowest BCUT2D eigenvalue weighted by Crippen LogP contribution is -2.52. The first kappa shape index (κ1) is 11.2. The van der Waals surface area contributed by atoms with E-state index in [-0.39, 0.29) is 0 Å². The minimum absolute atomic E-state index is 0.368. The molecule has 2 saturated heterocycles. The summed E-state index contributed by atoms with van der Waals surface area (Å²) in [5, 5.41) is 3.73. The number of benzene rings is 1. The molecule has 2 atom stereocenters. The van der Waals surface area contributed by atoms with E-state index in [9.17, 15) is 0 Å². The second-order valence-electron chi connectivity index (χ2n) is 5.84. The van der Waals surface area contributed by atoms with E-state index in [0.717, 1.165) is 12.5 Å². The Kier molecular flexibility index (Phi) is 2.93. The van der Waals surface area contributed by atoms with Crippen LogP contribution in [0.15, 0.2) is 30.3 Å². The molecular formula is C15H22N2. The van der Waals surface area contributed by atoms with Gasteiger partial charge in [-0.1, -0.05) is 30.3 Å². The SMILES string of the molecule is CC12CN(Cc3ccccc3)CC1CCCN2. The number of hydrogen-bond donors (Lipinski definition) is 1. The second-order valence-corrected chi connectivity index (χ2v) is 5.84. The molecule has 2 heteroatoms. The highest BCUT2D eigenvalue weighted by Gasteiger charge is 2.43. The molecule has 2 aliphatic heterocycles. The molecule has 0 saturated carbocycles. The number of nitrogens with one attached hydrogen (secondary N) is 1. The zero-order valence-corrected chi connectivity index (χ0v) is 10.7. The van der Waals surface area contributed by atoms with E-state index in [1.165, 1.54) is 38.0 Å². The van der Waals surface area contributed by atoms with Crippen LogP contribution in [0.4, 0.5) is 0 Å². The van der Waals surface area contributed by atoms with Gasteiger partial charge in [0.2, 0.25) is 0 Å². The fraction of sp³-hybridized carbons (Fsp3) is 0.600. The van der Waals surface area contributed by atoms with Gasteiger partial charge in [-0.25, -0.2) is 0 Å². The summed E-state index contributed by atoms with van der Waals surface area (Å²) < 4.78 is 0.